The maximum atomic E-state index is 12.3. The first-order valence-electron chi connectivity index (χ1n) is 6.08. The second kappa shape index (κ2) is 5.02. The van der Waals surface area contributed by atoms with Gasteiger partial charge in [-0.05, 0) is 24.3 Å². The summed E-state index contributed by atoms with van der Waals surface area (Å²) in [6, 6.07) is 10.9. The summed E-state index contributed by atoms with van der Waals surface area (Å²) in [7, 11) is -3.83. The Morgan fingerprint density at radius 2 is 1.81 bits per heavy atom. The SMILES string of the molecule is O=S(=O)(Nc1cc(O)cc2cccnc12)c1ccccn1. The van der Waals surface area contributed by atoms with Crippen molar-refractivity contribution in [1.82, 2.24) is 9.97 Å². The summed E-state index contributed by atoms with van der Waals surface area (Å²) in [5.74, 6) is -0.0470. The molecule has 7 heteroatoms. The number of pyridine rings is 2. The van der Waals surface area contributed by atoms with Crippen molar-refractivity contribution in [1.29, 1.82) is 0 Å². The number of nitrogens with one attached hydrogen (secondary N) is 1. The van der Waals surface area contributed by atoms with Gasteiger partial charge >= 0.3 is 0 Å². The molecule has 0 fully saturated rings. The predicted octanol–water partition coefficient (Wildman–Crippen LogP) is 2.14. The number of phenolic OH excluding ortho intramolecular Hbond substituents is 1. The highest BCUT2D eigenvalue weighted by Gasteiger charge is 2.17. The van der Waals surface area contributed by atoms with Crippen LogP contribution in [0.15, 0.2) is 59.9 Å². The normalized spacial score (nSPS) is 11.4. The summed E-state index contributed by atoms with van der Waals surface area (Å²) < 4.78 is 27.0. The highest BCUT2D eigenvalue weighted by molar-refractivity contribution is 7.92. The number of hydrogen-bond acceptors (Lipinski definition) is 5. The summed E-state index contributed by atoms with van der Waals surface area (Å²) in [5, 5.41) is 10.2. The molecule has 3 aromatic rings. The van der Waals surface area contributed by atoms with E-state index in [1.165, 1.54) is 24.4 Å². The molecule has 0 aliphatic carbocycles. The number of nitrogens with zero attached hydrogens (tertiary/aromatic N) is 2. The van der Waals surface area contributed by atoms with E-state index in [2.05, 4.69) is 14.7 Å². The minimum atomic E-state index is -3.83. The third-order valence-electron chi connectivity index (χ3n) is 2.85. The Bertz CT molecular complexity index is 896. The lowest BCUT2D eigenvalue weighted by Crippen LogP contribution is -2.14. The van der Waals surface area contributed by atoms with E-state index in [0.29, 0.717) is 10.9 Å². The number of aromatic hydroxyl groups is 1. The molecular formula is C14H11N3O3S. The van der Waals surface area contributed by atoms with Crippen molar-refractivity contribution in [3.63, 3.8) is 0 Å². The van der Waals surface area contributed by atoms with Crippen LogP contribution in [0.4, 0.5) is 5.69 Å². The number of rotatable bonds is 3. The molecule has 0 amide bonds. The minimum absolute atomic E-state index is 0.0470. The van der Waals surface area contributed by atoms with Crippen molar-refractivity contribution in [3.05, 3.63) is 54.9 Å². The molecule has 2 heterocycles. The summed E-state index contributed by atoms with van der Waals surface area (Å²) in [6.45, 7) is 0. The summed E-state index contributed by atoms with van der Waals surface area (Å²) >= 11 is 0. The molecule has 0 saturated heterocycles. The van der Waals surface area contributed by atoms with Gasteiger partial charge in [0.1, 0.15) is 5.75 Å². The van der Waals surface area contributed by atoms with Crippen molar-refractivity contribution < 1.29 is 13.5 Å². The zero-order valence-electron chi connectivity index (χ0n) is 10.8. The van der Waals surface area contributed by atoms with Gasteiger partial charge < -0.3 is 5.11 Å². The minimum Gasteiger partial charge on any atom is -0.508 e. The topological polar surface area (TPSA) is 92.2 Å². The third-order valence-corrected chi connectivity index (χ3v) is 4.13. The van der Waals surface area contributed by atoms with Gasteiger partial charge in [0.2, 0.25) is 0 Å². The fourth-order valence-corrected chi connectivity index (χ4v) is 2.96. The first-order valence-corrected chi connectivity index (χ1v) is 7.56. The van der Waals surface area contributed by atoms with Crippen LogP contribution in [0.3, 0.4) is 0 Å². The van der Waals surface area contributed by atoms with Gasteiger partial charge in [-0.1, -0.05) is 12.1 Å². The van der Waals surface area contributed by atoms with Crippen molar-refractivity contribution >= 4 is 26.6 Å². The number of anilines is 1. The Morgan fingerprint density at radius 1 is 1.00 bits per heavy atom. The van der Waals surface area contributed by atoms with Crippen molar-refractivity contribution in [2.75, 3.05) is 4.72 Å². The molecule has 0 spiro atoms. The van der Waals surface area contributed by atoms with Gasteiger partial charge in [0.15, 0.2) is 5.03 Å². The van der Waals surface area contributed by atoms with Crippen LogP contribution in [0.25, 0.3) is 10.9 Å². The molecule has 2 N–H and O–H groups in total. The van der Waals surface area contributed by atoms with Crippen molar-refractivity contribution in [3.8, 4) is 5.75 Å². The van der Waals surface area contributed by atoms with Crippen LogP contribution < -0.4 is 4.72 Å². The largest absolute Gasteiger partial charge is 0.508 e. The molecule has 0 aliphatic heterocycles. The molecule has 21 heavy (non-hydrogen) atoms. The number of fused-ring (bicyclic) bond motifs is 1. The van der Waals surface area contributed by atoms with E-state index in [-0.39, 0.29) is 16.5 Å². The number of benzene rings is 1. The maximum Gasteiger partial charge on any atom is 0.279 e. The van der Waals surface area contributed by atoms with E-state index in [4.69, 9.17) is 0 Å². The molecule has 6 nitrogen and oxygen atoms in total. The molecule has 0 unspecified atom stereocenters. The van der Waals surface area contributed by atoms with Crippen LogP contribution in [-0.4, -0.2) is 23.5 Å². The highest BCUT2D eigenvalue weighted by atomic mass is 32.2. The van der Waals surface area contributed by atoms with Gasteiger partial charge in [0.25, 0.3) is 10.0 Å². The number of sulfonamides is 1. The lowest BCUT2D eigenvalue weighted by molar-refractivity contribution is 0.476. The number of hydrogen-bond donors (Lipinski definition) is 2. The van der Waals surface area contributed by atoms with E-state index in [1.807, 2.05) is 0 Å². The lowest BCUT2D eigenvalue weighted by atomic mass is 10.2. The first-order chi connectivity index (χ1) is 10.1. The molecule has 0 bridgehead atoms. The average molecular weight is 301 g/mol. The van der Waals surface area contributed by atoms with Crippen LogP contribution in [0, 0.1) is 0 Å². The molecule has 3 rings (SSSR count). The Kier molecular flexibility index (Phi) is 3.19. The second-order valence-electron chi connectivity index (χ2n) is 4.34. The predicted molar refractivity (Wildman–Crippen MR) is 78.5 cm³/mol. The van der Waals surface area contributed by atoms with E-state index in [9.17, 15) is 13.5 Å². The Balaban J connectivity index is 2.10. The molecular weight excluding hydrogens is 290 g/mol. The van der Waals surface area contributed by atoms with Crippen LogP contribution >= 0.6 is 0 Å². The average Bonchev–Trinajstić information content (AvgIpc) is 2.47. The second-order valence-corrected chi connectivity index (χ2v) is 5.97. The fraction of sp³-hybridized carbons (Fsp3) is 0. The molecule has 0 saturated carbocycles. The Morgan fingerprint density at radius 3 is 2.57 bits per heavy atom. The smallest absolute Gasteiger partial charge is 0.279 e. The maximum absolute atomic E-state index is 12.3. The van der Waals surface area contributed by atoms with Gasteiger partial charge in [-0.3, -0.25) is 9.71 Å². The third kappa shape index (κ3) is 2.63. The summed E-state index contributed by atoms with van der Waals surface area (Å²) in [4.78, 5) is 7.96. The fourth-order valence-electron chi connectivity index (χ4n) is 1.96. The Hall–Kier alpha value is -2.67. The lowest BCUT2D eigenvalue weighted by Gasteiger charge is -2.10. The van der Waals surface area contributed by atoms with E-state index >= 15 is 0 Å². The number of phenols is 1. The quantitative estimate of drug-likeness (QED) is 0.773. The van der Waals surface area contributed by atoms with Crippen LogP contribution in [0.2, 0.25) is 0 Å². The van der Waals surface area contributed by atoms with E-state index in [1.54, 1.807) is 30.5 Å². The summed E-state index contributed by atoms with van der Waals surface area (Å²) in [6.07, 6.45) is 2.95. The molecule has 0 radical (unpaired) electrons. The monoisotopic (exact) mass is 301 g/mol. The molecule has 2 aromatic heterocycles. The van der Waals surface area contributed by atoms with Gasteiger partial charge in [-0.25, -0.2) is 4.98 Å². The van der Waals surface area contributed by atoms with Crippen LogP contribution in [0.1, 0.15) is 0 Å². The van der Waals surface area contributed by atoms with Gasteiger partial charge in [0.05, 0.1) is 11.2 Å². The zero-order chi connectivity index (χ0) is 14.9. The van der Waals surface area contributed by atoms with Gasteiger partial charge in [-0.15, -0.1) is 0 Å². The molecule has 0 atom stereocenters. The van der Waals surface area contributed by atoms with Gasteiger partial charge in [-0.2, -0.15) is 8.42 Å². The highest BCUT2D eigenvalue weighted by Crippen LogP contribution is 2.28. The van der Waals surface area contributed by atoms with E-state index in [0.717, 1.165) is 0 Å². The van der Waals surface area contributed by atoms with Crippen LogP contribution in [-0.2, 0) is 10.0 Å². The zero-order valence-corrected chi connectivity index (χ0v) is 11.6. The molecule has 106 valence electrons. The van der Waals surface area contributed by atoms with E-state index < -0.39 is 10.0 Å². The van der Waals surface area contributed by atoms with Crippen LogP contribution in [0.5, 0.6) is 5.75 Å². The number of aromatic nitrogens is 2. The Labute approximate surface area is 121 Å². The molecule has 1 aromatic carbocycles. The van der Waals surface area contributed by atoms with Gasteiger partial charge in [0, 0.05) is 23.8 Å². The molecule has 0 aliphatic rings. The summed E-state index contributed by atoms with van der Waals surface area (Å²) in [5.41, 5.74) is 0.658. The standard InChI is InChI=1S/C14H11N3O3S/c18-11-8-10-4-3-7-16-14(10)12(9-11)17-21(19,20)13-5-1-2-6-15-13/h1-9,17-18H. The van der Waals surface area contributed by atoms with Crippen molar-refractivity contribution in [2.45, 2.75) is 5.03 Å². The van der Waals surface area contributed by atoms with Crippen molar-refractivity contribution in [2.24, 2.45) is 0 Å². The first kappa shape index (κ1) is 13.3.